The third-order valence-corrected chi connectivity index (χ3v) is 2.40. The van der Waals surface area contributed by atoms with Gasteiger partial charge in [-0.15, -0.1) is 6.58 Å². The normalized spacial score (nSPS) is 9.93. The Morgan fingerprint density at radius 3 is 3.07 bits per heavy atom. The number of carbonyl (C=O) groups is 1. The molecule has 1 heterocycles. The van der Waals surface area contributed by atoms with Gasteiger partial charge in [-0.05, 0) is 30.9 Å². The van der Waals surface area contributed by atoms with E-state index in [2.05, 4.69) is 11.6 Å². The van der Waals surface area contributed by atoms with Gasteiger partial charge in [0, 0.05) is 24.4 Å². The maximum atomic E-state index is 11.8. The highest BCUT2D eigenvalue weighted by molar-refractivity contribution is 5.97. The molecule has 1 aromatic heterocycles. The minimum atomic E-state index is 0.219. The van der Waals surface area contributed by atoms with Crippen molar-refractivity contribution in [3.05, 3.63) is 42.2 Å². The summed E-state index contributed by atoms with van der Waals surface area (Å²) in [7, 11) is 0. The number of carbonyl (C=O) groups excluding carboxylic acids is 1. The Labute approximate surface area is 91.0 Å². The van der Waals surface area contributed by atoms with Crippen LogP contribution in [0.2, 0.25) is 0 Å². The van der Waals surface area contributed by atoms with Crippen LogP contribution in [0.1, 0.15) is 42.1 Å². The Balaban J connectivity index is 2.68. The van der Waals surface area contributed by atoms with Gasteiger partial charge in [0.1, 0.15) is 0 Å². The molecule has 0 aromatic carbocycles. The van der Waals surface area contributed by atoms with E-state index in [1.165, 1.54) is 0 Å². The Morgan fingerprint density at radius 2 is 2.40 bits per heavy atom. The molecule has 0 saturated carbocycles. The van der Waals surface area contributed by atoms with Gasteiger partial charge in [0.2, 0.25) is 0 Å². The van der Waals surface area contributed by atoms with Gasteiger partial charge in [-0.25, -0.2) is 0 Å². The number of unbranched alkanes of at least 4 members (excludes halogenated alkanes) is 1. The fourth-order valence-electron chi connectivity index (χ4n) is 1.52. The third-order valence-electron chi connectivity index (χ3n) is 2.40. The summed E-state index contributed by atoms with van der Waals surface area (Å²) in [5.41, 5.74) is 1.87. The van der Waals surface area contributed by atoms with E-state index in [0.717, 1.165) is 30.4 Å². The average Bonchev–Trinajstić information content (AvgIpc) is 2.29. The lowest BCUT2D eigenvalue weighted by Gasteiger charge is -2.05. The molecule has 1 aromatic rings. The molecule has 15 heavy (non-hydrogen) atoms. The fourth-order valence-corrected chi connectivity index (χ4v) is 1.52. The highest BCUT2D eigenvalue weighted by Crippen LogP contribution is 2.12. The molecular formula is C13H17NO. The minimum absolute atomic E-state index is 0.219. The molecule has 1 rings (SSSR count). The van der Waals surface area contributed by atoms with Gasteiger partial charge in [-0.2, -0.15) is 0 Å². The third kappa shape index (κ3) is 3.31. The van der Waals surface area contributed by atoms with Crippen LogP contribution in [-0.4, -0.2) is 10.8 Å². The second kappa shape index (κ2) is 6.12. The molecule has 0 amide bonds. The molecule has 0 spiro atoms. The number of allylic oxidation sites excluding steroid dienone is 1. The molecule has 0 atom stereocenters. The molecule has 0 fully saturated rings. The summed E-state index contributed by atoms with van der Waals surface area (Å²) in [6.45, 7) is 5.68. The summed E-state index contributed by atoms with van der Waals surface area (Å²) in [5.74, 6) is 0.219. The van der Waals surface area contributed by atoms with E-state index in [4.69, 9.17) is 0 Å². The summed E-state index contributed by atoms with van der Waals surface area (Å²) in [6.07, 6.45) is 8.55. The van der Waals surface area contributed by atoms with Crippen molar-refractivity contribution in [3.8, 4) is 0 Å². The second-order valence-electron chi connectivity index (χ2n) is 3.49. The van der Waals surface area contributed by atoms with Crippen molar-refractivity contribution in [2.75, 3.05) is 0 Å². The Kier molecular flexibility index (Phi) is 4.75. The average molecular weight is 203 g/mol. The first-order chi connectivity index (χ1) is 7.29. The van der Waals surface area contributed by atoms with Crippen molar-refractivity contribution in [2.45, 2.75) is 32.6 Å². The zero-order valence-corrected chi connectivity index (χ0v) is 9.20. The largest absolute Gasteiger partial charge is 0.294 e. The Morgan fingerprint density at radius 1 is 1.60 bits per heavy atom. The zero-order valence-electron chi connectivity index (χ0n) is 9.20. The molecule has 0 bridgehead atoms. The van der Waals surface area contributed by atoms with Crippen molar-refractivity contribution in [1.29, 1.82) is 0 Å². The van der Waals surface area contributed by atoms with E-state index in [1.54, 1.807) is 12.4 Å². The molecule has 2 nitrogen and oxygen atoms in total. The lowest BCUT2D eigenvalue weighted by molar-refractivity contribution is 0.0979. The van der Waals surface area contributed by atoms with Crippen LogP contribution in [0.5, 0.6) is 0 Å². The van der Waals surface area contributed by atoms with Crippen molar-refractivity contribution in [1.82, 2.24) is 4.98 Å². The van der Waals surface area contributed by atoms with Crippen LogP contribution >= 0.6 is 0 Å². The van der Waals surface area contributed by atoms with Gasteiger partial charge in [-0.1, -0.05) is 13.0 Å². The number of hydrogen-bond donors (Lipinski definition) is 0. The first-order valence-corrected chi connectivity index (χ1v) is 5.36. The highest BCUT2D eigenvalue weighted by Gasteiger charge is 2.08. The van der Waals surface area contributed by atoms with E-state index in [0.29, 0.717) is 6.42 Å². The summed E-state index contributed by atoms with van der Waals surface area (Å²) < 4.78 is 0. The number of pyridine rings is 1. The topological polar surface area (TPSA) is 30.0 Å². The minimum Gasteiger partial charge on any atom is -0.294 e. The van der Waals surface area contributed by atoms with Crippen molar-refractivity contribution in [3.63, 3.8) is 0 Å². The van der Waals surface area contributed by atoms with E-state index < -0.39 is 0 Å². The first-order valence-electron chi connectivity index (χ1n) is 5.36. The Bertz CT molecular complexity index is 344. The van der Waals surface area contributed by atoms with Crippen LogP contribution in [0, 0.1) is 0 Å². The van der Waals surface area contributed by atoms with Crippen molar-refractivity contribution >= 4 is 5.78 Å². The van der Waals surface area contributed by atoms with E-state index in [9.17, 15) is 4.79 Å². The van der Waals surface area contributed by atoms with Gasteiger partial charge in [0.15, 0.2) is 5.78 Å². The van der Waals surface area contributed by atoms with E-state index in [-0.39, 0.29) is 5.78 Å². The smallest absolute Gasteiger partial charge is 0.163 e. The SMILES string of the molecule is C=CCCCC(=O)c1ccncc1CC. The molecule has 0 aliphatic rings. The number of rotatable bonds is 6. The first kappa shape index (κ1) is 11.6. The van der Waals surface area contributed by atoms with Crippen LogP contribution in [0.4, 0.5) is 0 Å². The van der Waals surface area contributed by atoms with E-state index >= 15 is 0 Å². The van der Waals surface area contributed by atoms with Crippen LogP contribution in [0.3, 0.4) is 0 Å². The lowest BCUT2D eigenvalue weighted by atomic mass is 10.0. The standard InChI is InChI=1S/C13H17NO/c1-3-5-6-7-13(15)12-8-9-14-10-11(12)4-2/h3,8-10H,1,4-7H2,2H3. The van der Waals surface area contributed by atoms with Gasteiger partial charge in [-0.3, -0.25) is 9.78 Å². The van der Waals surface area contributed by atoms with Crippen LogP contribution in [-0.2, 0) is 6.42 Å². The Hall–Kier alpha value is -1.44. The van der Waals surface area contributed by atoms with Gasteiger partial charge < -0.3 is 0 Å². The summed E-state index contributed by atoms with van der Waals surface area (Å²) in [5, 5.41) is 0. The number of ketones is 1. The van der Waals surface area contributed by atoms with Crippen molar-refractivity contribution < 1.29 is 4.79 Å². The fraction of sp³-hybridized carbons (Fsp3) is 0.385. The van der Waals surface area contributed by atoms with Gasteiger partial charge in [0.05, 0.1) is 0 Å². The second-order valence-corrected chi connectivity index (χ2v) is 3.49. The van der Waals surface area contributed by atoms with Crippen LogP contribution < -0.4 is 0 Å². The number of Topliss-reactive ketones (excluding diaryl/α,β-unsaturated/α-hetero) is 1. The summed E-state index contributed by atoms with van der Waals surface area (Å²) >= 11 is 0. The monoisotopic (exact) mass is 203 g/mol. The summed E-state index contributed by atoms with van der Waals surface area (Å²) in [6, 6.07) is 1.81. The van der Waals surface area contributed by atoms with Crippen LogP contribution in [0.15, 0.2) is 31.1 Å². The van der Waals surface area contributed by atoms with Gasteiger partial charge >= 0.3 is 0 Å². The molecule has 2 heteroatoms. The number of hydrogen-bond acceptors (Lipinski definition) is 2. The van der Waals surface area contributed by atoms with Crippen LogP contribution in [0.25, 0.3) is 0 Å². The number of nitrogens with zero attached hydrogens (tertiary/aromatic N) is 1. The van der Waals surface area contributed by atoms with Crippen molar-refractivity contribution in [2.24, 2.45) is 0 Å². The molecule has 0 saturated heterocycles. The maximum Gasteiger partial charge on any atom is 0.163 e. The van der Waals surface area contributed by atoms with Gasteiger partial charge in [0.25, 0.3) is 0 Å². The molecule has 0 unspecified atom stereocenters. The molecule has 0 N–H and O–H groups in total. The number of aryl methyl sites for hydroxylation is 1. The summed E-state index contributed by atoms with van der Waals surface area (Å²) in [4.78, 5) is 15.9. The maximum absolute atomic E-state index is 11.8. The molecule has 0 radical (unpaired) electrons. The molecule has 80 valence electrons. The zero-order chi connectivity index (χ0) is 11.1. The molecule has 0 aliphatic heterocycles. The number of aromatic nitrogens is 1. The predicted molar refractivity (Wildman–Crippen MR) is 62.0 cm³/mol. The molecular weight excluding hydrogens is 186 g/mol. The quantitative estimate of drug-likeness (QED) is 0.404. The highest BCUT2D eigenvalue weighted by atomic mass is 16.1. The predicted octanol–water partition coefficient (Wildman–Crippen LogP) is 3.18. The van der Waals surface area contributed by atoms with E-state index in [1.807, 2.05) is 19.1 Å². The lowest BCUT2D eigenvalue weighted by Crippen LogP contribution is -2.03. The molecule has 0 aliphatic carbocycles.